The van der Waals surface area contributed by atoms with Crippen LogP contribution in [0.5, 0.6) is 0 Å². The first-order valence-corrected chi connectivity index (χ1v) is 10.9. The summed E-state index contributed by atoms with van der Waals surface area (Å²) < 4.78 is 25.1. The summed E-state index contributed by atoms with van der Waals surface area (Å²) in [7, 11) is -3.26. The van der Waals surface area contributed by atoms with Gasteiger partial charge >= 0.3 is 0 Å². The monoisotopic (exact) mass is 400 g/mol. The molecule has 0 spiro atoms. The molecule has 7 nitrogen and oxygen atoms in total. The second-order valence-corrected chi connectivity index (χ2v) is 8.93. The van der Waals surface area contributed by atoms with Crippen LogP contribution in [0.25, 0.3) is 11.3 Å². The number of amides is 1. The number of nitrogens with one attached hydrogen (secondary N) is 1. The molecule has 9 heteroatoms. The van der Waals surface area contributed by atoms with Gasteiger partial charge in [-0.05, 0) is 36.2 Å². The van der Waals surface area contributed by atoms with E-state index in [0.29, 0.717) is 23.7 Å². The van der Waals surface area contributed by atoms with Gasteiger partial charge in [-0.2, -0.15) is 0 Å². The third-order valence-corrected chi connectivity index (χ3v) is 6.21. The molecule has 1 amide bonds. The lowest BCUT2D eigenvalue weighted by Crippen LogP contribution is -2.27. The van der Waals surface area contributed by atoms with Crippen molar-refractivity contribution in [1.82, 2.24) is 9.97 Å². The van der Waals surface area contributed by atoms with Crippen molar-refractivity contribution < 1.29 is 13.2 Å². The van der Waals surface area contributed by atoms with Crippen LogP contribution in [0.1, 0.15) is 15.9 Å². The Morgan fingerprint density at radius 2 is 2.15 bits per heavy atom. The smallest absolute Gasteiger partial charge is 0.259 e. The quantitative estimate of drug-likeness (QED) is 0.727. The van der Waals surface area contributed by atoms with Gasteiger partial charge in [-0.25, -0.2) is 13.4 Å². The van der Waals surface area contributed by atoms with Gasteiger partial charge in [0.1, 0.15) is 0 Å². The number of anilines is 2. The second kappa shape index (κ2) is 6.75. The molecule has 0 saturated heterocycles. The first-order chi connectivity index (χ1) is 12.9. The average molecular weight is 400 g/mol. The van der Waals surface area contributed by atoms with Gasteiger partial charge in [-0.1, -0.05) is 6.07 Å². The Hall–Kier alpha value is -2.78. The molecule has 1 aromatic carbocycles. The number of sulfonamides is 1. The number of carbonyl (C=O) groups is 1. The number of nitrogens with zero attached hydrogens (tertiary/aromatic N) is 3. The molecule has 3 heterocycles. The summed E-state index contributed by atoms with van der Waals surface area (Å²) in [6.07, 6.45) is 4.99. The number of rotatable bonds is 4. The minimum atomic E-state index is -3.26. The van der Waals surface area contributed by atoms with Crippen LogP contribution in [0.15, 0.2) is 48.1 Å². The molecule has 1 N–H and O–H groups in total. The van der Waals surface area contributed by atoms with Gasteiger partial charge in [-0.15, -0.1) is 11.3 Å². The van der Waals surface area contributed by atoms with Crippen LogP contribution in [-0.4, -0.2) is 37.1 Å². The standard InChI is InChI=1S/C18H16N4O3S2/c1-27(24,25)22-8-6-13-9-12(4-5-16(13)22)15-11-26-18(20-15)21-17(23)14-3-2-7-19-10-14/h2-5,7,9-11H,6,8H2,1H3,(H,20,21,23). The summed E-state index contributed by atoms with van der Waals surface area (Å²) in [6, 6.07) is 9.01. The molecule has 2 aromatic heterocycles. The van der Waals surface area contributed by atoms with E-state index in [9.17, 15) is 13.2 Å². The van der Waals surface area contributed by atoms with Crippen molar-refractivity contribution in [2.24, 2.45) is 0 Å². The largest absolute Gasteiger partial charge is 0.298 e. The zero-order valence-corrected chi connectivity index (χ0v) is 16.0. The predicted molar refractivity (Wildman–Crippen MR) is 106 cm³/mol. The Labute approximate surface area is 160 Å². The molecule has 138 valence electrons. The van der Waals surface area contributed by atoms with Crippen molar-refractivity contribution in [1.29, 1.82) is 0 Å². The summed E-state index contributed by atoms with van der Waals surface area (Å²) in [5.74, 6) is -0.262. The molecule has 0 aliphatic carbocycles. The predicted octanol–water partition coefficient (Wildman–Crippen LogP) is 2.78. The number of thiazole rings is 1. The molecular formula is C18H16N4O3S2. The van der Waals surface area contributed by atoms with Crippen LogP contribution in [0.3, 0.4) is 0 Å². The molecule has 3 aromatic rings. The van der Waals surface area contributed by atoms with Crippen molar-refractivity contribution in [2.45, 2.75) is 6.42 Å². The Balaban J connectivity index is 1.55. The van der Waals surface area contributed by atoms with E-state index in [-0.39, 0.29) is 5.91 Å². The van der Waals surface area contributed by atoms with Crippen molar-refractivity contribution >= 4 is 38.1 Å². The summed E-state index contributed by atoms with van der Waals surface area (Å²) in [4.78, 5) is 20.6. The van der Waals surface area contributed by atoms with Crippen LogP contribution >= 0.6 is 11.3 Å². The fourth-order valence-electron chi connectivity index (χ4n) is 3.01. The number of hydrogen-bond acceptors (Lipinski definition) is 6. The fourth-order valence-corrected chi connectivity index (χ4v) is 4.68. The van der Waals surface area contributed by atoms with Crippen molar-refractivity contribution in [3.8, 4) is 11.3 Å². The Morgan fingerprint density at radius 3 is 2.89 bits per heavy atom. The van der Waals surface area contributed by atoms with Crippen molar-refractivity contribution in [3.05, 3.63) is 59.2 Å². The van der Waals surface area contributed by atoms with E-state index >= 15 is 0 Å². The van der Waals surface area contributed by atoms with Crippen molar-refractivity contribution in [2.75, 3.05) is 22.4 Å². The molecule has 4 rings (SSSR count). The maximum Gasteiger partial charge on any atom is 0.259 e. The third-order valence-electron chi connectivity index (χ3n) is 4.28. The highest BCUT2D eigenvalue weighted by Crippen LogP contribution is 2.34. The van der Waals surface area contributed by atoms with Crippen LogP contribution in [0, 0.1) is 0 Å². The maximum atomic E-state index is 12.2. The topological polar surface area (TPSA) is 92.3 Å². The lowest BCUT2D eigenvalue weighted by Gasteiger charge is -2.16. The molecular weight excluding hydrogens is 384 g/mol. The molecule has 27 heavy (non-hydrogen) atoms. The van der Waals surface area contributed by atoms with E-state index in [1.807, 2.05) is 23.6 Å². The highest BCUT2D eigenvalue weighted by molar-refractivity contribution is 7.92. The molecule has 0 saturated carbocycles. The van der Waals surface area contributed by atoms with Gasteiger partial charge < -0.3 is 0 Å². The highest BCUT2D eigenvalue weighted by atomic mass is 32.2. The van der Waals surface area contributed by atoms with E-state index in [4.69, 9.17) is 0 Å². The van der Waals surface area contributed by atoms with Crippen LogP contribution < -0.4 is 9.62 Å². The molecule has 1 aliphatic heterocycles. The van der Waals surface area contributed by atoms with Gasteiger partial charge in [0.05, 0.1) is 23.2 Å². The maximum absolute atomic E-state index is 12.2. The number of hydrogen-bond donors (Lipinski definition) is 1. The highest BCUT2D eigenvalue weighted by Gasteiger charge is 2.26. The molecule has 0 bridgehead atoms. The fraction of sp³-hybridized carbons (Fsp3) is 0.167. The zero-order valence-electron chi connectivity index (χ0n) is 14.4. The first kappa shape index (κ1) is 17.6. The number of pyridine rings is 1. The minimum Gasteiger partial charge on any atom is -0.298 e. The Kier molecular flexibility index (Phi) is 4.40. The molecule has 0 radical (unpaired) electrons. The van der Waals surface area contributed by atoms with E-state index in [1.165, 1.54) is 28.1 Å². The van der Waals surface area contributed by atoms with Crippen LogP contribution in [-0.2, 0) is 16.4 Å². The SMILES string of the molecule is CS(=O)(=O)N1CCc2cc(-c3csc(NC(=O)c4cccnc4)n3)ccc21. The number of fused-ring (bicyclic) bond motifs is 1. The lowest BCUT2D eigenvalue weighted by atomic mass is 10.1. The Morgan fingerprint density at radius 1 is 1.30 bits per heavy atom. The molecule has 0 atom stereocenters. The van der Waals surface area contributed by atoms with E-state index in [0.717, 1.165) is 22.5 Å². The van der Waals surface area contributed by atoms with E-state index < -0.39 is 10.0 Å². The number of benzene rings is 1. The van der Waals surface area contributed by atoms with Crippen molar-refractivity contribution in [3.63, 3.8) is 0 Å². The van der Waals surface area contributed by atoms with Gasteiger partial charge in [0.15, 0.2) is 5.13 Å². The van der Waals surface area contributed by atoms with E-state index in [2.05, 4.69) is 15.3 Å². The molecule has 0 fully saturated rings. The lowest BCUT2D eigenvalue weighted by molar-refractivity contribution is 0.102. The number of aromatic nitrogens is 2. The summed E-state index contributed by atoms with van der Waals surface area (Å²) >= 11 is 1.34. The second-order valence-electron chi connectivity index (χ2n) is 6.16. The normalized spacial score (nSPS) is 13.4. The first-order valence-electron chi connectivity index (χ1n) is 8.20. The third kappa shape index (κ3) is 3.56. The van der Waals surface area contributed by atoms with Crippen LogP contribution in [0.4, 0.5) is 10.8 Å². The molecule has 0 unspecified atom stereocenters. The van der Waals surface area contributed by atoms with Gasteiger partial charge in [-0.3, -0.25) is 19.4 Å². The summed E-state index contributed by atoms with van der Waals surface area (Å²) in [6.45, 7) is 0.459. The van der Waals surface area contributed by atoms with Crippen LogP contribution in [0.2, 0.25) is 0 Å². The van der Waals surface area contributed by atoms with Gasteiger partial charge in [0.25, 0.3) is 5.91 Å². The summed E-state index contributed by atoms with van der Waals surface area (Å²) in [5.41, 5.74) is 3.80. The van der Waals surface area contributed by atoms with E-state index in [1.54, 1.807) is 18.3 Å². The minimum absolute atomic E-state index is 0.262. The Bertz CT molecular complexity index is 1110. The summed E-state index contributed by atoms with van der Waals surface area (Å²) in [5, 5.41) is 5.13. The number of carbonyl (C=O) groups excluding carboxylic acids is 1. The average Bonchev–Trinajstić information content (AvgIpc) is 3.28. The van der Waals surface area contributed by atoms with Gasteiger partial charge in [0.2, 0.25) is 10.0 Å². The van der Waals surface area contributed by atoms with Gasteiger partial charge in [0, 0.05) is 29.9 Å². The zero-order chi connectivity index (χ0) is 19.0. The molecule has 1 aliphatic rings.